The second-order valence-electron chi connectivity index (χ2n) is 7.33. The minimum absolute atomic E-state index is 0.0470. The maximum absolute atomic E-state index is 9.50. The van der Waals surface area contributed by atoms with Crippen LogP contribution in [0.1, 0.15) is 69.1 Å². The fraction of sp³-hybridized carbons (Fsp3) is 0.545. The SMILES string of the molecule is CCCCCCCCc1ccc2c(c1)CC=CC([C@](C)(N)CO)=C2. The maximum atomic E-state index is 9.50. The van der Waals surface area contributed by atoms with Crippen molar-refractivity contribution in [2.45, 2.75) is 70.8 Å². The Hall–Kier alpha value is -1.38. The molecule has 24 heavy (non-hydrogen) atoms. The normalized spacial score (nSPS) is 16.2. The third-order valence-corrected chi connectivity index (χ3v) is 4.96. The molecule has 0 fully saturated rings. The van der Waals surface area contributed by atoms with E-state index in [1.807, 2.05) is 6.92 Å². The van der Waals surface area contributed by atoms with Crippen LogP contribution in [-0.2, 0) is 12.8 Å². The van der Waals surface area contributed by atoms with Crippen LogP contribution in [0.2, 0.25) is 0 Å². The fourth-order valence-electron chi connectivity index (χ4n) is 3.22. The first-order valence-corrected chi connectivity index (χ1v) is 9.47. The van der Waals surface area contributed by atoms with Gasteiger partial charge in [-0.3, -0.25) is 0 Å². The Morgan fingerprint density at radius 3 is 2.62 bits per heavy atom. The molecular weight excluding hydrogens is 294 g/mol. The molecule has 132 valence electrons. The van der Waals surface area contributed by atoms with Gasteiger partial charge < -0.3 is 10.8 Å². The van der Waals surface area contributed by atoms with Gasteiger partial charge in [0.15, 0.2) is 0 Å². The number of rotatable bonds is 9. The molecule has 0 aromatic heterocycles. The number of unbranched alkanes of at least 4 members (excludes halogenated alkanes) is 5. The predicted molar refractivity (Wildman–Crippen MR) is 104 cm³/mol. The van der Waals surface area contributed by atoms with Crippen molar-refractivity contribution in [3.05, 3.63) is 52.6 Å². The Morgan fingerprint density at radius 2 is 1.88 bits per heavy atom. The summed E-state index contributed by atoms with van der Waals surface area (Å²) in [5.41, 5.74) is 10.5. The van der Waals surface area contributed by atoms with Crippen molar-refractivity contribution in [2.75, 3.05) is 6.61 Å². The van der Waals surface area contributed by atoms with Crippen LogP contribution < -0.4 is 5.73 Å². The van der Waals surface area contributed by atoms with Crippen molar-refractivity contribution < 1.29 is 5.11 Å². The number of aryl methyl sites for hydroxylation is 1. The molecule has 1 aliphatic rings. The Kier molecular flexibility index (Phi) is 7.26. The minimum Gasteiger partial charge on any atom is -0.394 e. The highest BCUT2D eigenvalue weighted by molar-refractivity contribution is 5.64. The molecule has 0 amide bonds. The summed E-state index contributed by atoms with van der Waals surface area (Å²) in [7, 11) is 0. The zero-order chi connectivity index (χ0) is 17.4. The van der Waals surface area contributed by atoms with Gasteiger partial charge >= 0.3 is 0 Å². The highest BCUT2D eigenvalue weighted by Crippen LogP contribution is 2.25. The molecule has 1 aromatic carbocycles. The van der Waals surface area contributed by atoms with Gasteiger partial charge in [-0.1, -0.05) is 69.4 Å². The standard InChI is InChI=1S/C22H33NO/c1-3-4-5-6-7-8-10-18-13-14-20-16-21(22(2,23)17-24)12-9-11-19(20)15-18/h9,12-16,24H,3-8,10-11,17,23H2,1-2H3/t22-/m1/s1. The summed E-state index contributed by atoms with van der Waals surface area (Å²) in [5.74, 6) is 0. The summed E-state index contributed by atoms with van der Waals surface area (Å²) in [6.07, 6.45) is 16.5. The van der Waals surface area contributed by atoms with Crippen molar-refractivity contribution >= 4 is 6.08 Å². The van der Waals surface area contributed by atoms with Crippen LogP contribution in [0.4, 0.5) is 0 Å². The zero-order valence-corrected chi connectivity index (χ0v) is 15.4. The molecule has 0 aliphatic heterocycles. The number of benzene rings is 1. The van der Waals surface area contributed by atoms with Gasteiger partial charge in [-0.15, -0.1) is 0 Å². The van der Waals surface area contributed by atoms with Gasteiger partial charge in [-0.25, -0.2) is 0 Å². The molecule has 0 bridgehead atoms. The molecule has 2 heteroatoms. The highest BCUT2D eigenvalue weighted by Gasteiger charge is 2.22. The third-order valence-electron chi connectivity index (χ3n) is 4.96. The lowest BCUT2D eigenvalue weighted by Crippen LogP contribution is -2.41. The molecule has 1 aliphatic carbocycles. The quantitative estimate of drug-likeness (QED) is 0.640. The number of hydrogen-bond acceptors (Lipinski definition) is 2. The summed E-state index contributed by atoms with van der Waals surface area (Å²) in [4.78, 5) is 0. The topological polar surface area (TPSA) is 46.2 Å². The largest absolute Gasteiger partial charge is 0.394 e. The average molecular weight is 328 g/mol. The first-order valence-electron chi connectivity index (χ1n) is 9.47. The molecule has 2 rings (SSSR count). The molecule has 1 aromatic rings. The molecule has 0 heterocycles. The molecule has 3 N–H and O–H groups in total. The average Bonchev–Trinajstić information content (AvgIpc) is 2.80. The molecule has 0 saturated heterocycles. The van der Waals surface area contributed by atoms with E-state index in [1.165, 1.54) is 61.6 Å². The number of aliphatic hydroxyl groups excluding tert-OH is 1. The number of nitrogens with two attached hydrogens (primary N) is 1. The maximum Gasteiger partial charge on any atom is 0.0650 e. The van der Waals surface area contributed by atoms with Crippen LogP contribution in [0.15, 0.2) is 35.9 Å². The molecular formula is C22H33NO. The van der Waals surface area contributed by atoms with E-state index < -0.39 is 5.54 Å². The molecule has 1 atom stereocenters. The minimum atomic E-state index is -0.685. The van der Waals surface area contributed by atoms with Crippen molar-refractivity contribution in [1.29, 1.82) is 0 Å². The summed E-state index contributed by atoms with van der Waals surface area (Å²) < 4.78 is 0. The third kappa shape index (κ3) is 5.32. The van der Waals surface area contributed by atoms with Crippen LogP contribution >= 0.6 is 0 Å². The van der Waals surface area contributed by atoms with Gasteiger partial charge in [-0.05, 0) is 54.5 Å². The lowest BCUT2D eigenvalue weighted by atomic mass is 9.91. The summed E-state index contributed by atoms with van der Waals surface area (Å²) in [6.45, 7) is 4.09. The Balaban J connectivity index is 1.99. The van der Waals surface area contributed by atoms with E-state index in [9.17, 15) is 5.11 Å². The zero-order valence-electron chi connectivity index (χ0n) is 15.4. The Labute approximate surface area is 147 Å². The second-order valence-corrected chi connectivity index (χ2v) is 7.33. The van der Waals surface area contributed by atoms with Crippen LogP contribution in [-0.4, -0.2) is 17.3 Å². The molecule has 0 spiro atoms. The van der Waals surface area contributed by atoms with Crippen molar-refractivity contribution in [3.8, 4) is 0 Å². The van der Waals surface area contributed by atoms with Crippen molar-refractivity contribution in [3.63, 3.8) is 0 Å². The van der Waals surface area contributed by atoms with Gasteiger partial charge in [-0.2, -0.15) is 0 Å². The second kappa shape index (κ2) is 9.19. The number of fused-ring (bicyclic) bond motifs is 1. The summed E-state index contributed by atoms with van der Waals surface area (Å²) >= 11 is 0. The van der Waals surface area contributed by atoms with Crippen molar-refractivity contribution in [1.82, 2.24) is 0 Å². The van der Waals surface area contributed by atoms with E-state index in [4.69, 9.17) is 5.73 Å². The van der Waals surface area contributed by atoms with E-state index >= 15 is 0 Å². The van der Waals surface area contributed by atoms with E-state index in [2.05, 4.69) is 43.4 Å². The molecule has 0 unspecified atom stereocenters. The van der Waals surface area contributed by atoms with Gasteiger partial charge in [0.05, 0.1) is 12.1 Å². The van der Waals surface area contributed by atoms with Crippen LogP contribution in [0.5, 0.6) is 0 Å². The lowest BCUT2D eigenvalue weighted by molar-refractivity contribution is 0.234. The molecule has 2 nitrogen and oxygen atoms in total. The number of hydrogen-bond donors (Lipinski definition) is 2. The fourth-order valence-corrected chi connectivity index (χ4v) is 3.22. The van der Waals surface area contributed by atoms with Crippen LogP contribution in [0.3, 0.4) is 0 Å². The Morgan fingerprint density at radius 1 is 1.12 bits per heavy atom. The molecule has 0 radical (unpaired) electrons. The van der Waals surface area contributed by atoms with Gasteiger partial charge in [0, 0.05) is 0 Å². The predicted octanol–water partition coefficient (Wildman–Crippen LogP) is 4.80. The van der Waals surface area contributed by atoms with Crippen molar-refractivity contribution in [2.24, 2.45) is 5.73 Å². The van der Waals surface area contributed by atoms with Gasteiger partial charge in [0.2, 0.25) is 0 Å². The van der Waals surface area contributed by atoms with E-state index in [1.54, 1.807) is 0 Å². The first kappa shape index (κ1) is 19.0. The van der Waals surface area contributed by atoms with E-state index in [-0.39, 0.29) is 6.61 Å². The smallest absolute Gasteiger partial charge is 0.0650 e. The first-order chi connectivity index (χ1) is 11.6. The monoisotopic (exact) mass is 327 g/mol. The van der Waals surface area contributed by atoms with E-state index in [0.29, 0.717) is 0 Å². The highest BCUT2D eigenvalue weighted by atomic mass is 16.3. The van der Waals surface area contributed by atoms with Gasteiger partial charge in [0.25, 0.3) is 0 Å². The number of allylic oxidation sites excluding steroid dienone is 1. The lowest BCUT2D eigenvalue weighted by Gasteiger charge is -2.23. The Bertz CT molecular complexity index is 584. The van der Waals surface area contributed by atoms with Crippen LogP contribution in [0, 0.1) is 0 Å². The van der Waals surface area contributed by atoms with Gasteiger partial charge in [0.1, 0.15) is 0 Å². The number of aliphatic hydroxyl groups is 1. The summed E-state index contributed by atoms with van der Waals surface area (Å²) in [5, 5.41) is 9.50. The summed E-state index contributed by atoms with van der Waals surface area (Å²) in [6, 6.07) is 6.80. The molecule has 0 saturated carbocycles. The van der Waals surface area contributed by atoms with Crippen LogP contribution in [0.25, 0.3) is 6.08 Å². The van der Waals surface area contributed by atoms with E-state index in [0.717, 1.165) is 12.0 Å².